The quantitative estimate of drug-likeness (QED) is 0.816. The van der Waals surface area contributed by atoms with Gasteiger partial charge in [0, 0.05) is 26.2 Å². The van der Waals surface area contributed by atoms with Crippen molar-refractivity contribution in [1.82, 2.24) is 9.21 Å². The van der Waals surface area contributed by atoms with Crippen LogP contribution in [0.2, 0.25) is 0 Å². The van der Waals surface area contributed by atoms with Crippen LogP contribution in [0.25, 0.3) is 0 Å². The summed E-state index contributed by atoms with van der Waals surface area (Å²) in [4.78, 5) is 13.8. The molecule has 1 saturated heterocycles. The van der Waals surface area contributed by atoms with Gasteiger partial charge in [-0.25, -0.2) is 17.2 Å². The maximum Gasteiger partial charge on any atom is 0.243 e. The van der Waals surface area contributed by atoms with Gasteiger partial charge in [0.2, 0.25) is 15.9 Å². The summed E-state index contributed by atoms with van der Waals surface area (Å²) in [6.45, 7) is 0.811. The van der Waals surface area contributed by atoms with E-state index in [2.05, 4.69) is 0 Å². The van der Waals surface area contributed by atoms with Crippen LogP contribution in [0.3, 0.4) is 0 Å². The van der Waals surface area contributed by atoms with Crippen molar-refractivity contribution in [3.63, 3.8) is 0 Å². The Labute approximate surface area is 150 Å². The van der Waals surface area contributed by atoms with E-state index in [1.807, 2.05) is 0 Å². The van der Waals surface area contributed by atoms with Gasteiger partial charge in [0.25, 0.3) is 0 Å². The topological polar surface area (TPSA) is 57.7 Å². The Balaban J connectivity index is 1.61. The minimum Gasteiger partial charge on any atom is -0.340 e. The molecule has 3 rings (SSSR count). The smallest absolute Gasteiger partial charge is 0.243 e. The minimum absolute atomic E-state index is 0.0939. The standard InChI is InChI=1S/C18H18F2N2O3S/c19-15-6-4-14(5-7-15)12-18(23)21-8-10-22(11-9-21)26(24,25)17-3-1-2-16(20)13-17/h1-7,13H,8-12H2. The highest BCUT2D eigenvalue weighted by Gasteiger charge is 2.30. The number of rotatable bonds is 4. The van der Waals surface area contributed by atoms with Crippen molar-refractivity contribution in [2.75, 3.05) is 26.2 Å². The summed E-state index contributed by atoms with van der Waals surface area (Å²) in [5, 5.41) is 0. The van der Waals surface area contributed by atoms with Crippen LogP contribution in [-0.4, -0.2) is 49.7 Å². The van der Waals surface area contributed by atoms with Crippen LogP contribution in [0.5, 0.6) is 0 Å². The third-order valence-electron chi connectivity index (χ3n) is 4.29. The molecule has 1 heterocycles. The molecule has 1 aliphatic rings. The Morgan fingerprint density at radius 3 is 2.19 bits per heavy atom. The second kappa shape index (κ2) is 7.51. The summed E-state index contributed by atoms with van der Waals surface area (Å²) in [6.07, 6.45) is 0.136. The highest BCUT2D eigenvalue weighted by atomic mass is 32.2. The van der Waals surface area contributed by atoms with Crippen molar-refractivity contribution < 1.29 is 22.0 Å². The predicted molar refractivity (Wildman–Crippen MR) is 91.8 cm³/mol. The van der Waals surface area contributed by atoms with E-state index in [9.17, 15) is 22.0 Å². The van der Waals surface area contributed by atoms with Gasteiger partial charge in [0.05, 0.1) is 11.3 Å². The average Bonchev–Trinajstić information content (AvgIpc) is 2.64. The van der Waals surface area contributed by atoms with Crippen LogP contribution in [-0.2, 0) is 21.2 Å². The molecular formula is C18H18F2N2O3S. The predicted octanol–water partition coefficient (Wildman–Crippen LogP) is 2.04. The van der Waals surface area contributed by atoms with Gasteiger partial charge < -0.3 is 4.90 Å². The molecule has 1 aliphatic heterocycles. The molecule has 1 amide bonds. The van der Waals surface area contributed by atoms with Gasteiger partial charge in [-0.05, 0) is 35.9 Å². The highest BCUT2D eigenvalue weighted by molar-refractivity contribution is 7.89. The van der Waals surface area contributed by atoms with Gasteiger partial charge in [-0.1, -0.05) is 18.2 Å². The van der Waals surface area contributed by atoms with Gasteiger partial charge in [-0.3, -0.25) is 4.79 Å². The zero-order chi connectivity index (χ0) is 18.7. The highest BCUT2D eigenvalue weighted by Crippen LogP contribution is 2.19. The van der Waals surface area contributed by atoms with Gasteiger partial charge in [0.1, 0.15) is 11.6 Å². The Bertz CT molecular complexity index is 893. The lowest BCUT2D eigenvalue weighted by atomic mass is 10.1. The maximum absolute atomic E-state index is 13.3. The van der Waals surface area contributed by atoms with Crippen molar-refractivity contribution in [3.8, 4) is 0 Å². The van der Waals surface area contributed by atoms with Crippen LogP contribution < -0.4 is 0 Å². The van der Waals surface area contributed by atoms with Gasteiger partial charge in [-0.2, -0.15) is 4.31 Å². The van der Waals surface area contributed by atoms with Crippen molar-refractivity contribution in [2.45, 2.75) is 11.3 Å². The Kier molecular flexibility index (Phi) is 5.33. The first-order valence-corrected chi connectivity index (χ1v) is 9.58. The number of amides is 1. The van der Waals surface area contributed by atoms with Crippen molar-refractivity contribution in [1.29, 1.82) is 0 Å². The second-order valence-corrected chi connectivity index (χ2v) is 7.98. The van der Waals surface area contributed by atoms with Gasteiger partial charge in [-0.15, -0.1) is 0 Å². The van der Waals surface area contributed by atoms with Crippen molar-refractivity contribution >= 4 is 15.9 Å². The van der Waals surface area contributed by atoms with Crippen LogP contribution in [0, 0.1) is 11.6 Å². The number of hydrogen-bond acceptors (Lipinski definition) is 3. The monoisotopic (exact) mass is 380 g/mol. The van der Waals surface area contributed by atoms with E-state index in [1.165, 1.54) is 34.6 Å². The maximum atomic E-state index is 13.3. The number of carbonyl (C=O) groups is 1. The zero-order valence-corrected chi connectivity index (χ0v) is 14.8. The Hall–Kier alpha value is -2.32. The molecule has 0 bridgehead atoms. The van der Waals surface area contributed by atoms with Crippen LogP contribution in [0.15, 0.2) is 53.4 Å². The summed E-state index contributed by atoms with van der Waals surface area (Å²) >= 11 is 0. The molecule has 0 saturated carbocycles. The Morgan fingerprint density at radius 1 is 0.923 bits per heavy atom. The summed E-state index contributed by atoms with van der Waals surface area (Å²) in [6, 6.07) is 10.6. The SMILES string of the molecule is O=C(Cc1ccc(F)cc1)N1CCN(S(=O)(=O)c2cccc(F)c2)CC1. The number of benzene rings is 2. The average molecular weight is 380 g/mol. The molecule has 2 aromatic rings. The summed E-state index contributed by atoms with van der Waals surface area (Å²) < 4.78 is 52.6. The van der Waals surface area contributed by atoms with E-state index in [0.717, 1.165) is 6.07 Å². The molecule has 0 radical (unpaired) electrons. The molecule has 0 aliphatic carbocycles. The molecule has 8 heteroatoms. The molecule has 138 valence electrons. The van der Waals surface area contributed by atoms with E-state index in [-0.39, 0.29) is 49.2 Å². The third-order valence-corrected chi connectivity index (χ3v) is 6.19. The molecular weight excluding hydrogens is 362 g/mol. The van der Waals surface area contributed by atoms with Gasteiger partial charge >= 0.3 is 0 Å². The second-order valence-electron chi connectivity index (χ2n) is 6.05. The number of sulfonamides is 1. The molecule has 5 nitrogen and oxygen atoms in total. The minimum atomic E-state index is -3.78. The fourth-order valence-electron chi connectivity index (χ4n) is 2.84. The van der Waals surface area contributed by atoms with Crippen LogP contribution >= 0.6 is 0 Å². The zero-order valence-electron chi connectivity index (χ0n) is 13.9. The first-order valence-electron chi connectivity index (χ1n) is 8.14. The fourth-order valence-corrected chi connectivity index (χ4v) is 4.30. The first-order chi connectivity index (χ1) is 12.4. The number of piperazine rings is 1. The lowest BCUT2D eigenvalue weighted by Crippen LogP contribution is -2.50. The molecule has 2 aromatic carbocycles. The van der Waals surface area contributed by atoms with E-state index in [4.69, 9.17) is 0 Å². The number of halogens is 2. The summed E-state index contributed by atoms with van der Waals surface area (Å²) in [7, 11) is -3.78. The first kappa shape index (κ1) is 18.5. The lowest BCUT2D eigenvalue weighted by molar-refractivity contribution is -0.131. The van der Waals surface area contributed by atoms with Crippen LogP contribution in [0.1, 0.15) is 5.56 Å². The molecule has 0 aromatic heterocycles. The number of nitrogens with zero attached hydrogens (tertiary/aromatic N) is 2. The van der Waals surface area contributed by atoms with E-state index >= 15 is 0 Å². The third kappa shape index (κ3) is 4.08. The molecule has 0 N–H and O–H groups in total. The van der Waals surface area contributed by atoms with E-state index < -0.39 is 15.8 Å². The van der Waals surface area contributed by atoms with Crippen LogP contribution in [0.4, 0.5) is 8.78 Å². The fraction of sp³-hybridized carbons (Fsp3) is 0.278. The van der Waals surface area contributed by atoms with E-state index in [1.54, 1.807) is 17.0 Å². The molecule has 0 atom stereocenters. The number of carbonyl (C=O) groups excluding carboxylic acids is 1. The summed E-state index contributed by atoms with van der Waals surface area (Å²) in [5.74, 6) is -1.11. The normalized spacial score (nSPS) is 15.8. The van der Waals surface area contributed by atoms with E-state index in [0.29, 0.717) is 5.56 Å². The van der Waals surface area contributed by atoms with Crippen molar-refractivity contribution in [2.24, 2.45) is 0 Å². The largest absolute Gasteiger partial charge is 0.340 e. The molecule has 0 spiro atoms. The molecule has 1 fully saturated rings. The lowest BCUT2D eigenvalue weighted by Gasteiger charge is -2.34. The number of hydrogen-bond donors (Lipinski definition) is 0. The molecule has 26 heavy (non-hydrogen) atoms. The van der Waals surface area contributed by atoms with Gasteiger partial charge in [0.15, 0.2) is 0 Å². The summed E-state index contributed by atoms with van der Waals surface area (Å²) in [5.41, 5.74) is 0.700. The Morgan fingerprint density at radius 2 is 1.58 bits per heavy atom. The van der Waals surface area contributed by atoms with Crippen molar-refractivity contribution in [3.05, 3.63) is 65.7 Å². The molecule has 0 unspecified atom stereocenters.